The van der Waals surface area contributed by atoms with Crippen LogP contribution in [0.25, 0.3) is 0 Å². The van der Waals surface area contributed by atoms with E-state index in [4.69, 9.17) is 9.47 Å². The predicted molar refractivity (Wildman–Crippen MR) is 75.8 cm³/mol. The highest BCUT2D eigenvalue weighted by molar-refractivity contribution is 5.96. The van der Waals surface area contributed by atoms with Gasteiger partial charge in [-0.25, -0.2) is 0 Å². The van der Waals surface area contributed by atoms with Crippen molar-refractivity contribution in [1.29, 1.82) is 0 Å². The van der Waals surface area contributed by atoms with Crippen molar-refractivity contribution in [2.45, 2.75) is 13.3 Å². The van der Waals surface area contributed by atoms with Crippen LogP contribution in [-0.4, -0.2) is 49.2 Å². The Kier molecular flexibility index (Phi) is 4.06. The number of carboxylic acid groups (broad SMARTS) is 1. The molecule has 1 aliphatic heterocycles. The number of rotatable bonds is 4. The number of hydrogen-bond acceptors (Lipinski definition) is 4. The third kappa shape index (κ3) is 2.94. The van der Waals surface area contributed by atoms with E-state index in [2.05, 4.69) is 0 Å². The van der Waals surface area contributed by atoms with Crippen molar-refractivity contribution in [2.24, 2.45) is 5.41 Å². The molecule has 1 fully saturated rings. The minimum Gasteiger partial charge on any atom is -0.497 e. The maximum Gasteiger partial charge on any atom is 0.311 e. The maximum absolute atomic E-state index is 12.5. The van der Waals surface area contributed by atoms with Crippen LogP contribution >= 0.6 is 0 Å². The molecule has 0 saturated carbocycles. The molecule has 1 heterocycles. The van der Waals surface area contributed by atoms with Gasteiger partial charge in [0, 0.05) is 24.7 Å². The summed E-state index contributed by atoms with van der Waals surface area (Å²) in [5.41, 5.74) is -0.445. The van der Waals surface area contributed by atoms with E-state index in [9.17, 15) is 14.7 Å². The van der Waals surface area contributed by atoms with Crippen LogP contribution in [0.2, 0.25) is 0 Å². The van der Waals surface area contributed by atoms with E-state index in [-0.39, 0.29) is 12.5 Å². The molecule has 1 aromatic carbocycles. The number of hydrogen-bond donors (Lipinski definition) is 1. The Hall–Kier alpha value is -2.24. The molecule has 1 atom stereocenters. The smallest absolute Gasteiger partial charge is 0.311 e. The van der Waals surface area contributed by atoms with Gasteiger partial charge in [-0.15, -0.1) is 0 Å². The van der Waals surface area contributed by atoms with Gasteiger partial charge < -0.3 is 19.5 Å². The van der Waals surface area contributed by atoms with Crippen molar-refractivity contribution in [1.82, 2.24) is 4.90 Å². The molecule has 0 spiro atoms. The second-order valence-corrected chi connectivity index (χ2v) is 5.44. The molecule has 0 unspecified atom stereocenters. The van der Waals surface area contributed by atoms with E-state index >= 15 is 0 Å². The highest BCUT2D eigenvalue weighted by Crippen LogP contribution is 2.32. The third-order valence-electron chi connectivity index (χ3n) is 3.88. The third-order valence-corrected chi connectivity index (χ3v) is 3.88. The number of amides is 1. The average molecular weight is 293 g/mol. The number of benzene rings is 1. The number of methoxy groups -OCH3 is 2. The fourth-order valence-corrected chi connectivity index (χ4v) is 2.42. The lowest BCUT2D eigenvalue weighted by Crippen LogP contribution is -2.34. The Morgan fingerprint density at radius 3 is 2.19 bits per heavy atom. The summed E-state index contributed by atoms with van der Waals surface area (Å²) < 4.78 is 10.3. The molecule has 6 nitrogen and oxygen atoms in total. The summed E-state index contributed by atoms with van der Waals surface area (Å²) in [5, 5.41) is 9.23. The van der Waals surface area contributed by atoms with Gasteiger partial charge in [-0.3, -0.25) is 9.59 Å². The zero-order valence-corrected chi connectivity index (χ0v) is 12.4. The number of nitrogens with zero attached hydrogens (tertiary/aromatic N) is 1. The standard InChI is InChI=1S/C15H19NO5/c1-15(14(18)19)4-5-16(9-15)13(17)10-6-11(20-2)8-12(7-10)21-3/h6-8H,4-5,9H2,1-3H3,(H,18,19)/t15-/m0/s1. The van der Waals surface area contributed by atoms with Gasteiger partial charge in [0.05, 0.1) is 19.6 Å². The molecule has 0 bridgehead atoms. The SMILES string of the molecule is COc1cc(OC)cc(C(=O)N2CC[C@](C)(C(=O)O)C2)c1. The molecule has 2 rings (SSSR count). The van der Waals surface area contributed by atoms with Crippen LogP contribution in [0.3, 0.4) is 0 Å². The van der Waals surface area contributed by atoms with E-state index in [1.807, 2.05) is 0 Å². The minimum atomic E-state index is -0.876. The molecule has 1 N–H and O–H groups in total. The van der Waals surface area contributed by atoms with Crippen molar-refractivity contribution in [3.05, 3.63) is 23.8 Å². The van der Waals surface area contributed by atoms with Gasteiger partial charge in [-0.2, -0.15) is 0 Å². The molecule has 114 valence electrons. The van der Waals surface area contributed by atoms with Crippen molar-refractivity contribution in [3.63, 3.8) is 0 Å². The van der Waals surface area contributed by atoms with Crippen molar-refractivity contribution in [2.75, 3.05) is 27.3 Å². The Labute approximate surface area is 123 Å². The molecule has 21 heavy (non-hydrogen) atoms. The van der Waals surface area contributed by atoms with Gasteiger partial charge in [0.1, 0.15) is 11.5 Å². The van der Waals surface area contributed by atoms with Gasteiger partial charge in [-0.1, -0.05) is 0 Å². The van der Waals surface area contributed by atoms with Crippen LogP contribution in [-0.2, 0) is 4.79 Å². The molecule has 1 amide bonds. The van der Waals surface area contributed by atoms with Gasteiger partial charge in [0.2, 0.25) is 0 Å². The summed E-state index contributed by atoms with van der Waals surface area (Å²) in [6.07, 6.45) is 0.454. The number of ether oxygens (including phenoxy) is 2. The van der Waals surface area contributed by atoms with E-state index in [1.165, 1.54) is 14.2 Å². The zero-order chi connectivity index (χ0) is 15.6. The van der Waals surface area contributed by atoms with Gasteiger partial charge in [0.25, 0.3) is 5.91 Å². The molecular formula is C15H19NO5. The Balaban J connectivity index is 2.23. The molecule has 1 aromatic rings. The normalized spacial score (nSPS) is 21.2. The Morgan fingerprint density at radius 2 is 1.76 bits per heavy atom. The summed E-state index contributed by atoms with van der Waals surface area (Å²) in [6, 6.07) is 4.94. The number of carbonyl (C=O) groups is 2. The molecule has 0 aromatic heterocycles. The zero-order valence-electron chi connectivity index (χ0n) is 12.4. The fraction of sp³-hybridized carbons (Fsp3) is 0.467. The van der Waals surface area contributed by atoms with E-state index in [0.717, 1.165) is 0 Å². The molecule has 0 aliphatic carbocycles. The highest BCUT2D eigenvalue weighted by Gasteiger charge is 2.42. The van der Waals surface area contributed by atoms with Gasteiger partial charge >= 0.3 is 5.97 Å². The quantitative estimate of drug-likeness (QED) is 0.913. The number of likely N-dealkylation sites (tertiary alicyclic amines) is 1. The predicted octanol–water partition coefficient (Wildman–Crippen LogP) is 1.64. The Bertz CT molecular complexity index is 549. The van der Waals surface area contributed by atoms with E-state index < -0.39 is 11.4 Å². The monoisotopic (exact) mass is 293 g/mol. The van der Waals surface area contributed by atoms with Crippen molar-refractivity contribution in [3.8, 4) is 11.5 Å². The maximum atomic E-state index is 12.5. The molecule has 1 aliphatic rings. The van der Waals surface area contributed by atoms with Gasteiger partial charge in [-0.05, 0) is 25.5 Å². The van der Waals surface area contributed by atoms with Crippen molar-refractivity contribution >= 4 is 11.9 Å². The summed E-state index contributed by atoms with van der Waals surface area (Å²) in [4.78, 5) is 25.3. The van der Waals surface area contributed by atoms with Crippen LogP contribution in [0.4, 0.5) is 0 Å². The molecule has 6 heteroatoms. The fourth-order valence-electron chi connectivity index (χ4n) is 2.42. The minimum absolute atomic E-state index is 0.209. The first-order valence-corrected chi connectivity index (χ1v) is 6.65. The van der Waals surface area contributed by atoms with Crippen LogP contribution in [0, 0.1) is 5.41 Å². The average Bonchev–Trinajstić information content (AvgIpc) is 2.89. The second-order valence-electron chi connectivity index (χ2n) is 5.44. The summed E-state index contributed by atoms with van der Waals surface area (Å²) >= 11 is 0. The van der Waals surface area contributed by atoms with Crippen LogP contribution in [0.15, 0.2) is 18.2 Å². The van der Waals surface area contributed by atoms with E-state index in [1.54, 1.807) is 30.0 Å². The summed E-state index contributed by atoms with van der Waals surface area (Å²) in [6.45, 7) is 2.30. The molecule has 1 saturated heterocycles. The lowest BCUT2D eigenvalue weighted by Gasteiger charge is -2.20. The first-order valence-electron chi connectivity index (χ1n) is 6.65. The van der Waals surface area contributed by atoms with E-state index in [0.29, 0.717) is 30.0 Å². The topological polar surface area (TPSA) is 76.1 Å². The second kappa shape index (κ2) is 5.63. The summed E-state index contributed by atoms with van der Waals surface area (Å²) in [5.74, 6) is -0.0333. The number of carboxylic acids is 1. The molecular weight excluding hydrogens is 274 g/mol. The lowest BCUT2D eigenvalue weighted by atomic mass is 9.90. The van der Waals surface area contributed by atoms with Crippen LogP contribution < -0.4 is 9.47 Å². The van der Waals surface area contributed by atoms with Crippen LogP contribution in [0.5, 0.6) is 11.5 Å². The first kappa shape index (κ1) is 15.2. The number of carbonyl (C=O) groups excluding carboxylic acids is 1. The molecule has 0 radical (unpaired) electrons. The van der Waals surface area contributed by atoms with Gasteiger partial charge in [0.15, 0.2) is 0 Å². The highest BCUT2D eigenvalue weighted by atomic mass is 16.5. The first-order chi connectivity index (χ1) is 9.89. The lowest BCUT2D eigenvalue weighted by molar-refractivity contribution is -0.147. The number of aliphatic carboxylic acids is 1. The Morgan fingerprint density at radius 1 is 1.19 bits per heavy atom. The van der Waals surface area contributed by atoms with Crippen molar-refractivity contribution < 1.29 is 24.2 Å². The largest absolute Gasteiger partial charge is 0.497 e. The summed E-state index contributed by atoms with van der Waals surface area (Å²) in [7, 11) is 3.03. The van der Waals surface area contributed by atoms with Crippen LogP contribution in [0.1, 0.15) is 23.7 Å².